The van der Waals surface area contributed by atoms with Crippen molar-refractivity contribution in [2.75, 3.05) is 0 Å². The smallest absolute Gasteiger partial charge is 0.300 e. The molecule has 0 unspecified atom stereocenters. The molecule has 7 aliphatic heterocycles. The lowest BCUT2D eigenvalue weighted by atomic mass is 10.1. The molecule has 0 atom stereocenters. The van der Waals surface area contributed by atoms with Crippen LogP contribution in [0.2, 0.25) is 0 Å². The summed E-state index contributed by atoms with van der Waals surface area (Å²) < 4.78 is 26.8. The van der Waals surface area contributed by atoms with Gasteiger partial charge in [0.1, 0.15) is 69.9 Å². The summed E-state index contributed by atoms with van der Waals surface area (Å²) in [5.41, 5.74) is 5.92. The average molecular weight is 1790 g/mol. The van der Waals surface area contributed by atoms with Crippen LogP contribution in [0.1, 0.15) is 325 Å². The van der Waals surface area contributed by atoms with Gasteiger partial charge in [0.05, 0.1) is 46.7 Å². The Labute approximate surface area is 761 Å². The molecule has 0 aliphatic carbocycles. The highest BCUT2D eigenvalue weighted by Crippen LogP contribution is 2.20. The molecule has 0 saturated carbocycles. The molecule has 0 amide bonds. The molecule has 21 heterocycles. The topological polar surface area (TPSA) is 403 Å². The van der Waals surface area contributed by atoms with Crippen LogP contribution in [0.4, 0.5) is 0 Å². The number of fused-ring (bicyclic) bond motifs is 14. The molecule has 0 bridgehead atoms. The van der Waals surface area contributed by atoms with Crippen LogP contribution in [-0.4, -0.2) is 112 Å². The van der Waals surface area contributed by atoms with E-state index >= 15 is 0 Å². The third-order valence-electron chi connectivity index (χ3n) is 18.9. The Hall–Kier alpha value is -11.8. The van der Waals surface area contributed by atoms with Crippen LogP contribution in [0, 0.1) is 0 Å². The Morgan fingerprint density at radius 2 is 0.667 bits per heavy atom. The molecule has 21 rings (SSSR count). The van der Waals surface area contributed by atoms with Gasteiger partial charge in [0.2, 0.25) is 16.8 Å². The lowest BCUT2D eigenvalue weighted by Crippen LogP contribution is -2.28. The zero-order valence-electron chi connectivity index (χ0n) is 83.1. The third-order valence-corrected chi connectivity index (χ3v) is 18.9. The van der Waals surface area contributed by atoms with Crippen LogP contribution in [0.5, 0.6) is 0 Å². The highest BCUT2D eigenvalue weighted by atomic mass is 16.5. The van der Waals surface area contributed by atoms with Gasteiger partial charge in [-0.15, -0.1) is 0 Å². The Kier molecular flexibility index (Phi) is 59.5. The van der Waals surface area contributed by atoms with E-state index in [2.05, 4.69) is 80.1 Å². The standard InChI is InChI=1S/2C11H11N3O.C10H10N4O.C9H10N4O.3C9H9N3O2.14C2H6/c15-11-8-7-12-5-4-9(8)13-10-3-1-2-6-14(10)11;15-11-8-4-5-12-7-9(8)13-10-3-1-2-6-14(10)11;15-10-9-7(5-11-6-12-9)13-8-3-1-2-4-14(8)10;14-9-7-8(11-5-10-7)12-6-3-1-2-4-13(6)9;13-9-8-6(5-14-11-8)10-7-3-1-2-4-12(7)9;13-9-8-6(5-10-14-8)11-7-3-1-2-4-12(7)9;13-9-7-8(10-5-14-7)11-6-3-1-2-4-12(6)9;14*1-2/h2*4-5,7H,1-3,6H2;5-6H,1-4H2;5H,1-4H2,(H,10,11);3*5H,1-4H2;14*1-2H3. The van der Waals surface area contributed by atoms with E-state index in [1.165, 1.54) is 31.5 Å². The monoisotopic (exact) mass is 1790 g/mol. The summed E-state index contributed by atoms with van der Waals surface area (Å²) in [5, 5.41) is 8.54. The minimum atomic E-state index is -0.0952. The summed E-state index contributed by atoms with van der Waals surface area (Å²) >= 11 is 0. The number of H-pyrrole nitrogens is 1. The van der Waals surface area contributed by atoms with Crippen LogP contribution >= 0.6 is 0 Å². The molecule has 1 N–H and O–H groups in total. The van der Waals surface area contributed by atoms with E-state index in [4.69, 9.17) is 13.5 Å². The molecule has 0 aromatic carbocycles. The van der Waals surface area contributed by atoms with E-state index in [0.29, 0.717) is 55.2 Å². The third kappa shape index (κ3) is 30.7. The predicted molar refractivity (Wildman–Crippen MR) is 525 cm³/mol. The molecule has 7 aliphatic rings. The molecule has 33 heteroatoms. The lowest BCUT2D eigenvalue weighted by Gasteiger charge is -2.17. The van der Waals surface area contributed by atoms with E-state index < -0.39 is 0 Å². The maximum atomic E-state index is 12.1. The summed E-state index contributed by atoms with van der Waals surface area (Å²) in [6.07, 6.45) is 36.6. The van der Waals surface area contributed by atoms with E-state index in [1.54, 1.807) is 75.1 Å². The van der Waals surface area contributed by atoms with Gasteiger partial charge >= 0.3 is 0 Å². The van der Waals surface area contributed by atoms with Gasteiger partial charge in [-0.05, 0) is 102 Å². The van der Waals surface area contributed by atoms with E-state index in [1.807, 2.05) is 194 Å². The van der Waals surface area contributed by atoms with Crippen molar-refractivity contribution in [2.24, 2.45) is 0 Å². The number of aromatic nitrogens is 23. The number of oxazole rings is 1. The van der Waals surface area contributed by atoms with Gasteiger partial charge in [-0.1, -0.05) is 204 Å². The second-order valence-electron chi connectivity index (χ2n) is 25.3. The molecule has 33 nitrogen and oxygen atoms in total. The number of aryl methyl sites for hydroxylation is 7. The van der Waals surface area contributed by atoms with Gasteiger partial charge in [0.15, 0.2) is 28.6 Å². The van der Waals surface area contributed by atoms with Gasteiger partial charge in [-0.3, -0.25) is 75.5 Å². The highest BCUT2D eigenvalue weighted by Gasteiger charge is 2.23. The second-order valence-corrected chi connectivity index (χ2v) is 25.3. The van der Waals surface area contributed by atoms with Crippen molar-refractivity contribution >= 4 is 77.4 Å². The number of hydrogen-bond donors (Lipinski definition) is 1. The molecule has 129 heavy (non-hydrogen) atoms. The summed E-state index contributed by atoms with van der Waals surface area (Å²) in [6, 6.07) is 3.54. The molecular weight excluding hydrogens is 1640 g/mol. The first kappa shape index (κ1) is 115. The molecule has 712 valence electrons. The van der Waals surface area contributed by atoms with Crippen molar-refractivity contribution in [3.8, 4) is 0 Å². The average Bonchev–Trinajstić information content (AvgIpc) is 1.70. The lowest BCUT2D eigenvalue weighted by molar-refractivity contribution is 0.427. The summed E-state index contributed by atoms with van der Waals surface area (Å²) in [5.74, 6) is 6.13. The first-order valence-corrected chi connectivity index (χ1v) is 48.3. The van der Waals surface area contributed by atoms with Gasteiger partial charge < -0.3 is 18.4 Å². The highest BCUT2D eigenvalue weighted by molar-refractivity contribution is 5.77. The fourth-order valence-corrected chi connectivity index (χ4v) is 13.7. The summed E-state index contributed by atoms with van der Waals surface area (Å²) in [7, 11) is 0. The molecule has 0 fully saturated rings. The van der Waals surface area contributed by atoms with Gasteiger partial charge in [0.25, 0.3) is 38.9 Å². The molecule has 0 saturated heterocycles. The van der Waals surface area contributed by atoms with Gasteiger partial charge in [0, 0.05) is 109 Å². The van der Waals surface area contributed by atoms with Gasteiger partial charge in [-0.2, -0.15) is 4.98 Å². The van der Waals surface area contributed by atoms with Crippen LogP contribution < -0.4 is 38.9 Å². The van der Waals surface area contributed by atoms with Crippen molar-refractivity contribution in [2.45, 2.75) is 375 Å². The molecule has 0 spiro atoms. The summed E-state index contributed by atoms with van der Waals surface area (Å²) in [6.45, 7) is 61.4. The van der Waals surface area contributed by atoms with Gasteiger partial charge in [-0.25, -0.2) is 49.8 Å². The van der Waals surface area contributed by atoms with Crippen molar-refractivity contribution in [3.05, 3.63) is 188 Å². The normalized spacial score (nSPS) is 12.8. The SMILES string of the molecule is CC.CC.CC.CC.CC.CC.CC.CC.CC.CC.CC.CC.CC.CC.O=c1c2[nH]cnc2nc2n1CCCC2.O=c1c2ccncc2nc2n1CCCC2.O=c1c2cnccc2nc2n1CCCC2.O=c1c2ncncc2nc2n1CCCC2.O=c1c2nocc2nc2n1CCCC2.O=c1c2ocnc2nc2n1CCCC2.O=c1c2oncc2nc2n1CCCC2. The minimum absolute atomic E-state index is 0.0159. The zero-order valence-corrected chi connectivity index (χ0v) is 83.1. The Morgan fingerprint density at radius 1 is 0.302 bits per heavy atom. The summed E-state index contributed by atoms with van der Waals surface area (Å²) in [4.78, 5) is 141. The first-order chi connectivity index (χ1) is 63.5. The number of nitrogens with one attached hydrogen (secondary N) is 1. The number of hydrogen-bond acceptors (Lipinski definition) is 25. The van der Waals surface area contributed by atoms with Crippen molar-refractivity contribution in [1.82, 2.24) is 112 Å². The van der Waals surface area contributed by atoms with E-state index in [9.17, 15) is 33.6 Å². The van der Waals surface area contributed by atoms with Crippen LogP contribution in [0.3, 0.4) is 0 Å². The van der Waals surface area contributed by atoms with E-state index in [0.717, 1.165) is 232 Å². The fourth-order valence-electron chi connectivity index (χ4n) is 13.7. The zero-order chi connectivity index (χ0) is 96.9. The number of rotatable bonds is 0. The Morgan fingerprint density at radius 3 is 1.15 bits per heavy atom. The Bertz CT molecular complexity index is 5260. The molecule has 14 aromatic rings. The Balaban J connectivity index is 0.000000719. The van der Waals surface area contributed by atoms with Crippen LogP contribution in [-0.2, 0) is 90.8 Å². The maximum Gasteiger partial charge on any atom is 0.300 e. The fraction of sp³-hybridized carbons (Fsp3) is 0.583. The largest absolute Gasteiger partial charge is 0.436 e. The predicted octanol–water partition coefficient (Wildman–Crippen LogP) is 19.8. The van der Waals surface area contributed by atoms with Crippen molar-refractivity contribution < 1.29 is 13.5 Å². The van der Waals surface area contributed by atoms with Crippen LogP contribution in [0.25, 0.3) is 77.4 Å². The van der Waals surface area contributed by atoms with Crippen LogP contribution in [0.15, 0.2) is 122 Å². The maximum absolute atomic E-state index is 12.1. The molecule has 0 radical (unpaired) electrons. The quantitative estimate of drug-likeness (QED) is 0.147. The van der Waals surface area contributed by atoms with E-state index in [-0.39, 0.29) is 50.1 Å². The minimum Gasteiger partial charge on any atom is -0.436 e. The number of imidazole rings is 1. The van der Waals surface area contributed by atoms with Crippen molar-refractivity contribution in [3.63, 3.8) is 0 Å². The number of aromatic amines is 1. The number of nitrogens with zero attached hydrogens (tertiary/aromatic N) is 22. The second kappa shape index (κ2) is 66.6. The molecule has 14 aromatic heterocycles. The number of pyridine rings is 2. The van der Waals surface area contributed by atoms with Crippen molar-refractivity contribution in [1.29, 1.82) is 0 Å². The first-order valence-electron chi connectivity index (χ1n) is 48.3. The molecular formula is C96H153N23O10.